The lowest BCUT2D eigenvalue weighted by Gasteiger charge is -2.43. The predicted molar refractivity (Wildman–Crippen MR) is 178 cm³/mol. The second-order valence-electron chi connectivity index (χ2n) is 13.0. The second kappa shape index (κ2) is 14.7. The number of hydrogen-bond acceptors (Lipinski definition) is 7. The minimum atomic E-state index is -2.54. The molecule has 0 radical (unpaired) electrons. The first kappa shape index (κ1) is 33.9. The monoisotopic (exact) mass is 633 g/mol. The Morgan fingerprint density at radius 2 is 1.32 bits per heavy atom. The van der Waals surface area contributed by atoms with Crippen molar-refractivity contribution in [1.29, 1.82) is 0 Å². The maximum Gasteiger partial charge on any atom is 0.318 e. The zero-order chi connectivity index (χ0) is 30.2. The lowest BCUT2D eigenvalue weighted by Crippen LogP contribution is -2.58. The van der Waals surface area contributed by atoms with Crippen LogP contribution in [0.25, 0.3) is 22.6 Å². The summed E-state index contributed by atoms with van der Waals surface area (Å²) in [7, 11) is -8.73. The molecule has 2 atom stereocenters. The van der Waals surface area contributed by atoms with Crippen molar-refractivity contribution >= 4 is 44.9 Å². The third-order valence-electron chi connectivity index (χ3n) is 6.26. The van der Waals surface area contributed by atoms with Gasteiger partial charge >= 0.3 is 17.1 Å². The summed E-state index contributed by atoms with van der Waals surface area (Å²) in [6, 6.07) is 17.4. The van der Waals surface area contributed by atoms with Crippen LogP contribution in [0.1, 0.15) is 26.2 Å². The van der Waals surface area contributed by atoms with E-state index in [4.69, 9.17) is 26.2 Å². The van der Waals surface area contributed by atoms with Gasteiger partial charge in [-0.3, -0.25) is 0 Å². The first-order chi connectivity index (χ1) is 19.2. The number of unbranched alkanes of at least 4 members (excludes halogenated alkanes) is 1. The van der Waals surface area contributed by atoms with Gasteiger partial charge in [-0.15, -0.1) is 0 Å². The average Bonchev–Trinajstić information content (AvgIpc) is 3.29. The van der Waals surface area contributed by atoms with E-state index in [-0.39, 0.29) is 0 Å². The second-order valence-corrected chi connectivity index (χ2v) is 29.4. The van der Waals surface area contributed by atoms with Crippen molar-refractivity contribution in [3.05, 3.63) is 48.5 Å². The summed E-state index contributed by atoms with van der Waals surface area (Å²) in [5.74, 6) is 1.44. The largest absolute Gasteiger partial charge is 0.494 e. The third kappa shape index (κ3) is 11.9. The normalized spacial score (nSPS) is 15.5. The summed E-state index contributed by atoms with van der Waals surface area (Å²) < 4.78 is 38.7. The van der Waals surface area contributed by atoms with E-state index in [1.54, 1.807) is 0 Å². The number of hydrogen-bond donors (Lipinski definition) is 0. The molecule has 228 valence electrons. The van der Waals surface area contributed by atoms with Crippen LogP contribution in [-0.4, -0.2) is 58.6 Å². The Morgan fingerprint density at radius 3 is 1.93 bits per heavy atom. The molecule has 11 heteroatoms. The van der Waals surface area contributed by atoms with Crippen LogP contribution in [-0.2, 0) is 17.1 Å². The molecule has 2 unspecified atom stereocenters. The van der Waals surface area contributed by atoms with Crippen LogP contribution >= 0.6 is 0 Å². The summed E-state index contributed by atoms with van der Waals surface area (Å²) in [6.45, 7) is 22.1. The van der Waals surface area contributed by atoms with Gasteiger partial charge in [0.25, 0.3) is 0 Å². The van der Waals surface area contributed by atoms with Crippen molar-refractivity contribution in [1.82, 2.24) is 4.98 Å². The molecule has 0 saturated carbocycles. The van der Waals surface area contributed by atoms with E-state index in [9.17, 15) is 0 Å². The highest BCUT2D eigenvalue weighted by atomic mass is 28.5. The summed E-state index contributed by atoms with van der Waals surface area (Å²) in [6.07, 6.45) is 3.07. The smallest absolute Gasteiger partial charge is 0.318 e. The molecule has 1 aromatic heterocycles. The topological polar surface area (TPSA) is 72.2 Å². The van der Waals surface area contributed by atoms with Gasteiger partial charge in [-0.2, -0.15) is 0 Å². The fraction of sp³-hybridized carbons (Fsp3) is 0.567. The fourth-order valence-electron chi connectivity index (χ4n) is 4.88. The predicted octanol–water partition coefficient (Wildman–Crippen LogP) is 8.94. The highest BCUT2D eigenvalue weighted by molar-refractivity contribution is 6.89. The molecule has 0 aliphatic heterocycles. The van der Waals surface area contributed by atoms with Crippen LogP contribution < -0.4 is 4.74 Å². The summed E-state index contributed by atoms with van der Waals surface area (Å²) in [5, 5.41) is 0. The molecule has 1 heterocycles. The Kier molecular flexibility index (Phi) is 12.2. The van der Waals surface area contributed by atoms with Crippen LogP contribution in [0.3, 0.4) is 0 Å². The van der Waals surface area contributed by atoms with Gasteiger partial charge in [0.15, 0.2) is 22.2 Å². The highest BCUT2D eigenvalue weighted by Gasteiger charge is 2.46. The number of aromatic nitrogens is 1. The Bertz CT molecular complexity index is 1180. The Morgan fingerprint density at radius 1 is 0.683 bits per heavy atom. The van der Waals surface area contributed by atoms with Crippen molar-refractivity contribution < 1.29 is 26.2 Å². The standard InChI is InChI=1S/C30H51NO6Si4/c1-10-11-21-32-23-25-41(9,36-39(5,6)7)37-40(8,35-38(2,3)4)24-14-22-33-27-19-17-26(18-20-27)30-31-28-15-12-13-16-29(28)34-30/h12-13,15-20H,10-11,14,21-25H2,1-9H3. The third-order valence-corrected chi connectivity index (χ3v) is 20.4. The number of ether oxygens (including phenoxy) is 2. The molecule has 0 aliphatic carbocycles. The van der Waals surface area contributed by atoms with Gasteiger partial charge in [-0.25, -0.2) is 4.98 Å². The molecule has 7 nitrogen and oxygen atoms in total. The molecule has 0 N–H and O–H groups in total. The maximum atomic E-state index is 7.08. The quantitative estimate of drug-likeness (QED) is 0.102. The van der Waals surface area contributed by atoms with E-state index in [0.29, 0.717) is 19.1 Å². The number of nitrogens with zero attached hydrogens (tertiary/aromatic N) is 1. The zero-order valence-electron chi connectivity index (χ0n) is 26.7. The Balaban J connectivity index is 1.61. The minimum Gasteiger partial charge on any atom is -0.494 e. The first-order valence-electron chi connectivity index (χ1n) is 15.0. The summed E-state index contributed by atoms with van der Waals surface area (Å²) in [4.78, 5) is 4.59. The number of fused-ring (bicyclic) bond motifs is 1. The van der Waals surface area contributed by atoms with E-state index in [1.165, 1.54) is 0 Å². The van der Waals surface area contributed by atoms with Crippen LogP contribution in [0.4, 0.5) is 0 Å². The van der Waals surface area contributed by atoms with E-state index in [0.717, 1.165) is 60.4 Å². The molecule has 41 heavy (non-hydrogen) atoms. The number of rotatable bonds is 18. The van der Waals surface area contributed by atoms with Gasteiger partial charge in [0, 0.05) is 24.8 Å². The van der Waals surface area contributed by atoms with Crippen molar-refractivity contribution in [3.63, 3.8) is 0 Å². The van der Waals surface area contributed by atoms with E-state index in [2.05, 4.69) is 64.3 Å². The van der Waals surface area contributed by atoms with Crippen LogP contribution in [0.15, 0.2) is 52.9 Å². The van der Waals surface area contributed by atoms with Gasteiger partial charge in [0.05, 0.1) is 6.61 Å². The molecule has 3 aromatic rings. The van der Waals surface area contributed by atoms with E-state index in [1.807, 2.05) is 48.5 Å². The van der Waals surface area contributed by atoms with Gasteiger partial charge in [-0.1, -0.05) is 25.5 Å². The molecule has 0 aliphatic rings. The van der Waals surface area contributed by atoms with E-state index < -0.39 is 33.8 Å². The molecule has 0 bridgehead atoms. The van der Waals surface area contributed by atoms with Crippen molar-refractivity contribution in [2.45, 2.75) is 90.7 Å². The molecule has 0 spiro atoms. The Hall–Kier alpha value is -1.58. The van der Waals surface area contributed by atoms with Crippen LogP contribution in [0.2, 0.25) is 64.5 Å². The average molecular weight is 634 g/mol. The zero-order valence-corrected chi connectivity index (χ0v) is 30.7. The maximum absolute atomic E-state index is 7.08. The summed E-state index contributed by atoms with van der Waals surface area (Å²) in [5.41, 5.74) is 2.57. The van der Waals surface area contributed by atoms with Gasteiger partial charge < -0.3 is 26.2 Å². The molecule has 3 rings (SSSR count). The molecule has 0 saturated heterocycles. The van der Waals surface area contributed by atoms with Gasteiger partial charge in [-0.05, 0) is 108 Å². The van der Waals surface area contributed by atoms with Crippen molar-refractivity contribution in [3.8, 4) is 17.2 Å². The molecule has 0 fully saturated rings. The number of benzene rings is 2. The lowest BCUT2D eigenvalue weighted by molar-refractivity contribution is 0.138. The minimum absolute atomic E-state index is 0.594. The molecule has 0 amide bonds. The van der Waals surface area contributed by atoms with Gasteiger partial charge in [0.1, 0.15) is 11.3 Å². The number of para-hydroxylation sites is 2. The Labute approximate surface area is 251 Å². The van der Waals surface area contributed by atoms with Crippen molar-refractivity contribution in [2.75, 3.05) is 19.8 Å². The summed E-state index contributed by atoms with van der Waals surface area (Å²) >= 11 is 0. The van der Waals surface area contributed by atoms with Crippen LogP contribution in [0.5, 0.6) is 5.75 Å². The number of oxazole rings is 1. The lowest BCUT2D eigenvalue weighted by atomic mass is 10.2. The van der Waals surface area contributed by atoms with Gasteiger partial charge in [0.2, 0.25) is 5.89 Å². The molecular formula is C30H51NO6Si4. The molecule has 2 aromatic carbocycles. The molecular weight excluding hydrogens is 583 g/mol. The fourth-order valence-corrected chi connectivity index (χ4v) is 22.9. The van der Waals surface area contributed by atoms with Crippen LogP contribution in [0, 0.1) is 0 Å². The first-order valence-corrected chi connectivity index (χ1v) is 26.8. The highest BCUT2D eigenvalue weighted by Crippen LogP contribution is 2.31. The van der Waals surface area contributed by atoms with Crippen molar-refractivity contribution in [2.24, 2.45) is 0 Å². The van der Waals surface area contributed by atoms with E-state index >= 15 is 0 Å². The SMILES string of the molecule is CCCCOCC[Si](C)(O[Si](C)(C)C)O[Si](C)(CCCOc1ccc(-c2nc3ccccc3o2)cc1)O[Si](C)(C)C.